The van der Waals surface area contributed by atoms with Gasteiger partial charge in [-0.25, -0.2) is 15.0 Å². The number of rotatable bonds is 3. The number of aromatic nitrogens is 3. The van der Waals surface area contributed by atoms with E-state index in [0.717, 1.165) is 22.6 Å². The highest BCUT2D eigenvalue weighted by molar-refractivity contribution is 5.48. The Labute approximate surface area is 106 Å². The number of nitrogen functional groups attached to an aromatic ring is 1. The highest BCUT2D eigenvalue weighted by atomic mass is 15.0. The van der Waals surface area contributed by atoms with Crippen LogP contribution < -0.4 is 11.1 Å². The predicted molar refractivity (Wildman–Crippen MR) is 71.1 cm³/mol. The second-order valence-corrected chi connectivity index (χ2v) is 4.18. The number of pyridine rings is 1. The molecule has 94 valence electrons. The molecule has 2 rings (SSSR count). The van der Waals surface area contributed by atoms with Crippen molar-refractivity contribution in [1.29, 1.82) is 0 Å². The SMILES string of the molecule is CNC(c1ccnc(C)n1)c1c(C)ccnc1N. The summed E-state index contributed by atoms with van der Waals surface area (Å²) in [6.45, 7) is 3.89. The number of anilines is 1. The molecule has 2 aromatic rings. The van der Waals surface area contributed by atoms with E-state index >= 15 is 0 Å². The third-order valence-corrected chi connectivity index (χ3v) is 2.91. The largest absolute Gasteiger partial charge is 0.383 e. The highest BCUT2D eigenvalue weighted by Crippen LogP contribution is 2.26. The molecule has 18 heavy (non-hydrogen) atoms. The second kappa shape index (κ2) is 5.10. The minimum absolute atomic E-state index is 0.0691. The van der Waals surface area contributed by atoms with Crippen LogP contribution in [0, 0.1) is 13.8 Å². The summed E-state index contributed by atoms with van der Waals surface area (Å²) in [5.41, 5.74) is 8.94. The average molecular weight is 243 g/mol. The van der Waals surface area contributed by atoms with Gasteiger partial charge in [0.05, 0.1) is 11.7 Å². The summed E-state index contributed by atoms with van der Waals surface area (Å²) in [6.07, 6.45) is 3.47. The summed E-state index contributed by atoms with van der Waals surface area (Å²) < 4.78 is 0. The number of aryl methyl sites for hydroxylation is 2. The lowest BCUT2D eigenvalue weighted by Crippen LogP contribution is -2.22. The van der Waals surface area contributed by atoms with Gasteiger partial charge in [0, 0.05) is 18.0 Å². The zero-order valence-electron chi connectivity index (χ0n) is 10.8. The van der Waals surface area contributed by atoms with Gasteiger partial charge >= 0.3 is 0 Å². The van der Waals surface area contributed by atoms with Crippen LogP contribution in [0.4, 0.5) is 5.82 Å². The van der Waals surface area contributed by atoms with Crippen molar-refractivity contribution in [3.63, 3.8) is 0 Å². The third kappa shape index (κ3) is 2.31. The van der Waals surface area contributed by atoms with Crippen LogP contribution in [0.3, 0.4) is 0 Å². The molecule has 5 heteroatoms. The van der Waals surface area contributed by atoms with E-state index < -0.39 is 0 Å². The maximum Gasteiger partial charge on any atom is 0.128 e. The Hall–Kier alpha value is -2.01. The summed E-state index contributed by atoms with van der Waals surface area (Å²) in [5.74, 6) is 1.28. The average Bonchev–Trinajstić information content (AvgIpc) is 2.34. The topological polar surface area (TPSA) is 76.7 Å². The van der Waals surface area contributed by atoms with Crippen LogP contribution in [0.5, 0.6) is 0 Å². The Balaban J connectivity index is 2.52. The first-order chi connectivity index (χ1) is 8.63. The fourth-order valence-electron chi connectivity index (χ4n) is 2.04. The van der Waals surface area contributed by atoms with Crippen molar-refractivity contribution in [2.45, 2.75) is 19.9 Å². The van der Waals surface area contributed by atoms with Crippen LogP contribution in [-0.4, -0.2) is 22.0 Å². The van der Waals surface area contributed by atoms with E-state index in [0.29, 0.717) is 5.82 Å². The Morgan fingerprint density at radius 3 is 2.50 bits per heavy atom. The van der Waals surface area contributed by atoms with Crippen molar-refractivity contribution < 1.29 is 0 Å². The summed E-state index contributed by atoms with van der Waals surface area (Å²) in [7, 11) is 1.88. The lowest BCUT2D eigenvalue weighted by molar-refractivity contribution is 0.660. The van der Waals surface area contributed by atoms with E-state index in [1.165, 1.54) is 0 Å². The molecular formula is C13H17N5. The molecule has 0 aliphatic carbocycles. The maximum absolute atomic E-state index is 5.98. The monoisotopic (exact) mass is 243 g/mol. The molecule has 1 atom stereocenters. The molecule has 0 bridgehead atoms. The van der Waals surface area contributed by atoms with Crippen LogP contribution >= 0.6 is 0 Å². The van der Waals surface area contributed by atoms with Crippen molar-refractivity contribution >= 4 is 5.82 Å². The first-order valence-electron chi connectivity index (χ1n) is 5.81. The fraction of sp³-hybridized carbons (Fsp3) is 0.308. The van der Waals surface area contributed by atoms with Gasteiger partial charge in [-0.05, 0) is 38.6 Å². The minimum atomic E-state index is -0.0691. The number of nitrogens with two attached hydrogens (primary N) is 1. The molecule has 0 spiro atoms. The Kier molecular flexibility index (Phi) is 3.53. The number of nitrogens with zero attached hydrogens (tertiary/aromatic N) is 3. The molecule has 0 saturated carbocycles. The van der Waals surface area contributed by atoms with Crippen LogP contribution in [0.25, 0.3) is 0 Å². The molecule has 0 aromatic carbocycles. The molecule has 3 N–H and O–H groups in total. The number of hydrogen-bond donors (Lipinski definition) is 2. The maximum atomic E-state index is 5.98. The van der Waals surface area contributed by atoms with Crippen LogP contribution in [-0.2, 0) is 0 Å². The van der Waals surface area contributed by atoms with Gasteiger partial charge in [0.1, 0.15) is 11.6 Å². The van der Waals surface area contributed by atoms with E-state index in [9.17, 15) is 0 Å². The van der Waals surface area contributed by atoms with Crippen molar-refractivity contribution in [3.05, 3.63) is 47.2 Å². The van der Waals surface area contributed by atoms with Crippen molar-refractivity contribution in [1.82, 2.24) is 20.3 Å². The van der Waals surface area contributed by atoms with E-state index in [4.69, 9.17) is 5.73 Å². The molecule has 2 heterocycles. The van der Waals surface area contributed by atoms with Gasteiger partial charge in [-0.2, -0.15) is 0 Å². The van der Waals surface area contributed by atoms with Crippen molar-refractivity contribution in [2.75, 3.05) is 12.8 Å². The van der Waals surface area contributed by atoms with E-state index in [2.05, 4.69) is 20.3 Å². The molecule has 0 aliphatic heterocycles. The number of hydrogen-bond acceptors (Lipinski definition) is 5. The predicted octanol–water partition coefficient (Wildman–Crippen LogP) is 1.38. The molecule has 5 nitrogen and oxygen atoms in total. The van der Waals surface area contributed by atoms with Crippen molar-refractivity contribution in [3.8, 4) is 0 Å². The van der Waals surface area contributed by atoms with Gasteiger partial charge in [-0.15, -0.1) is 0 Å². The van der Waals surface area contributed by atoms with Crippen LogP contribution in [0.1, 0.15) is 28.7 Å². The molecule has 1 unspecified atom stereocenters. The third-order valence-electron chi connectivity index (χ3n) is 2.91. The second-order valence-electron chi connectivity index (χ2n) is 4.18. The molecule has 0 amide bonds. The fourth-order valence-corrected chi connectivity index (χ4v) is 2.04. The Morgan fingerprint density at radius 2 is 1.89 bits per heavy atom. The highest BCUT2D eigenvalue weighted by Gasteiger charge is 2.19. The summed E-state index contributed by atoms with van der Waals surface area (Å²) in [4.78, 5) is 12.7. The summed E-state index contributed by atoms with van der Waals surface area (Å²) >= 11 is 0. The quantitative estimate of drug-likeness (QED) is 0.851. The van der Waals surface area contributed by atoms with E-state index in [1.54, 1.807) is 12.4 Å². The van der Waals surface area contributed by atoms with Crippen LogP contribution in [0.2, 0.25) is 0 Å². The molecule has 0 fully saturated rings. The molecular weight excluding hydrogens is 226 g/mol. The molecule has 2 aromatic heterocycles. The summed E-state index contributed by atoms with van der Waals surface area (Å²) in [5, 5.41) is 3.23. The molecule has 0 aliphatic rings. The lowest BCUT2D eigenvalue weighted by Gasteiger charge is -2.19. The zero-order valence-corrected chi connectivity index (χ0v) is 10.8. The Morgan fingerprint density at radius 1 is 1.17 bits per heavy atom. The Bertz CT molecular complexity index is 533. The van der Waals surface area contributed by atoms with Gasteiger partial charge in [0.2, 0.25) is 0 Å². The van der Waals surface area contributed by atoms with Gasteiger partial charge in [-0.3, -0.25) is 0 Å². The number of nitrogens with one attached hydrogen (secondary N) is 1. The normalized spacial score (nSPS) is 12.4. The van der Waals surface area contributed by atoms with Crippen LogP contribution in [0.15, 0.2) is 24.5 Å². The minimum Gasteiger partial charge on any atom is -0.383 e. The zero-order chi connectivity index (χ0) is 13.1. The van der Waals surface area contributed by atoms with E-state index in [-0.39, 0.29) is 6.04 Å². The first-order valence-corrected chi connectivity index (χ1v) is 5.81. The standard InChI is InChI=1S/C13H17N5/c1-8-4-6-17-13(14)11(8)12(15-3)10-5-7-16-9(2)18-10/h4-7,12,15H,1-3H3,(H2,14,17). The summed E-state index contributed by atoms with van der Waals surface area (Å²) in [6, 6.07) is 3.77. The van der Waals surface area contributed by atoms with Crippen molar-refractivity contribution in [2.24, 2.45) is 0 Å². The molecule has 0 saturated heterocycles. The first kappa shape index (κ1) is 12.4. The van der Waals surface area contributed by atoms with Gasteiger partial charge < -0.3 is 11.1 Å². The van der Waals surface area contributed by atoms with E-state index in [1.807, 2.05) is 33.0 Å². The smallest absolute Gasteiger partial charge is 0.128 e. The van der Waals surface area contributed by atoms with Gasteiger partial charge in [0.15, 0.2) is 0 Å². The lowest BCUT2D eigenvalue weighted by atomic mass is 9.99. The molecule has 0 radical (unpaired) electrons. The van der Waals surface area contributed by atoms with Gasteiger partial charge in [0.25, 0.3) is 0 Å². The van der Waals surface area contributed by atoms with Gasteiger partial charge in [-0.1, -0.05) is 0 Å².